The minimum Gasteiger partial charge on any atom is -0.462 e. The third kappa shape index (κ3) is 3.12. The average Bonchev–Trinajstić information content (AvgIpc) is 2.76. The summed E-state index contributed by atoms with van der Waals surface area (Å²) < 4.78 is 9.99. The summed E-state index contributed by atoms with van der Waals surface area (Å²) >= 11 is 1.46. The highest BCUT2D eigenvalue weighted by atomic mass is 32.1. The van der Waals surface area contributed by atoms with Crippen LogP contribution in [-0.2, 0) is 22.3 Å². The molecule has 1 N–H and O–H groups in total. The zero-order valence-electron chi connectivity index (χ0n) is 11.8. The van der Waals surface area contributed by atoms with Gasteiger partial charge in [0.25, 0.3) is 0 Å². The van der Waals surface area contributed by atoms with Gasteiger partial charge in [-0.25, -0.2) is 9.59 Å². The smallest absolute Gasteiger partial charge is 0.412 e. The van der Waals surface area contributed by atoms with Gasteiger partial charge in [0.1, 0.15) is 5.00 Å². The lowest BCUT2D eigenvalue weighted by atomic mass is 9.95. The molecule has 2 rings (SSSR count). The molecule has 0 saturated carbocycles. The molecule has 5 nitrogen and oxygen atoms in total. The predicted molar refractivity (Wildman–Crippen MR) is 77.6 cm³/mol. The van der Waals surface area contributed by atoms with Crippen molar-refractivity contribution in [2.24, 2.45) is 0 Å². The Morgan fingerprint density at radius 2 is 1.85 bits per heavy atom. The van der Waals surface area contributed by atoms with Crippen LogP contribution in [0.2, 0.25) is 0 Å². The Morgan fingerprint density at radius 3 is 2.55 bits per heavy atom. The highest BCUT2D eigenvalue weighted by Gasteiger charge is 2.27. The Hall–Kier alpha value is -1.56. The molecule has 1 aromatic rings. The van der Waals surface area contributed by atoms with Crippen LogP contribution in [0, 0.1) is 0 Å². The molecular formula is C14H19NO4S. The van der Waals surface area contributed by atoms with E-state index in [1.54, 1.807) is 13.8 Å². The van der Waals surface area contributed by atoms with Crippen LogP contribution in [0.15, 0.2) is 0 Å². The van der Waals surface area contributed by atoms with Crippen molar-refractivity contribution in [1.29, 1.82) is 0 Å². The first kappa shape index (κ1) is 14.8. The standard InChI is InChI=1S/C14H19NO4S/c1-3-18-13(16)11-9-7-5-6-8-10(9)20-12(11)15-14(17)19-4-2/h3-8H2,1-2H3,(H,15,17). The van der Waals surface area contributed by atoms with Crippen LogP contribution in [0.3, 0.4) is 0 Å². The van der Waals surface area contributed by atoms with Gasteiger partial charge in [-0.15, -0.1) is 11.3 Å². The number of thiophene rings is 1. The van der Waals surface area contributed by atoms with E-state index in [-0.39, 0.29) is 5.97 Å². The number of fused-ring (bicyclic) bond motifs is 1. The maximum absolute atomic E-state index is 12.1. The number of carbonyl (C=O) groups is 2. The van der Waals surface area contributed by atoms with Crippen molar-refractivity contribution >= 4 is 28.4 Å². The fourth-order valence-electron chi connectivity index (χ4n) is 2.33. The maximum Gasteiger partial charge on any atom is 0.412 e. The van der Waals surface area contributed by atoms with Crippen molar-refractivity contribution in [3.63, 3.8) is 0 Å². The van der Waals surface area contributed by atoms with Crippen molar-refractivity contribution in [3.05, 3.63) is 16.0 Å². The zero-order valence-corrected chi connectivity index (χ0v) is 12.6. The molecule has 0 spiro atoms. The molecule has 1 aromatic heterocycles. The first-order valence-corrected chi connectivity index (χ1v) is 7.74. The number of carbonyl (C=O) groups excluding carboxylic acids is 2. The summed E-state index contributed by atoms with van der Waals surface area (Å²) in [5, 5.41) is 3.21. The summed E-state index contributed by atoms with van der Waals surface area (Å²) in [6.07, 6.45) is 3.47. The lowest BCUT2D eigenvalue weighted by molar-refractivity contribution is 0.0526. The summed E-state index contributed by atoms with van der Waals surface area (Å²) in [6, 6.07) is 0. The third-order valence-electron chi connectivity index (χ3n) is 3.14. The van der Waals surface area contributed by atoms with E-state index in [1.807, 2.05) is 0 Å². The van der Waals surface area contributed by atoms with Crippen LogP contribution in [0.1, 0.15) is 47.5 Å². The topological polar surface area (TPSA) is 64.6 Å². The fraction of sp³-hybridized carbons (Fsp3) is 0.571. The number of anilines is 1. The van der Waals surface area contributed by atoms with Gasteiger partial charge in [0, 0.05) is 4.88 Å². The van der Waals surface area contributed by atoms with Crippen LogP contribution >= 0.6 is 11.3 Å². The summed E-state index contributed by atoms with van der Waals surface area (Å²) in [5.41, 5.74) is 1.55. The molecule has 0 aromatic carbocycles. The minimum atomic E-state index is -0.531. The first-order valence-electron chi connectivity index (χ1n) is 6.92. The summed E-state index contributed by atoms with van der Waals surface area (Å²) in [5.74, 6) is -0.362. The Bertz CT molecular complexity index is 510. The SMILES string of the molecule is CCOC(=O)Nc1sc2c(c1C(=O)OCC)CCCC2. The Balaban J connectivity index is 2.31. The average molecular weight is 297 g/mol. The number of aryl methyl sites for hydroxylation is 1. The number of hydrogen-bond acceptors (Lipinski definition) is 5. The summed E-state index contributed by atoms with van der Waals surface area (Å²) in [4.78, 5) is 24.9. The number of rotatable bonds is 4. The number of nitrogens with one attached hydrogen (secondary N) is 1. The van der Waals surface area contributed by atoms with E-state index >= 15 is 0 Å². The summed E-state index contributed by atoms with van der Waals surface area (Å²) in [7, 11) is 0. The van der Waals surface area contributed by atoms with Crippen LogP contribution in [0.25, 0.3) is 0 Å². The molecule has 6 heteroatoms. The van der Waals surface area contributed by atoms with E-state index < -0.39 is 6.09 Å². The van der Waals surface area contributed by atoms with E-state index in [4.69, 9.17) is 9.47 Å². The minimum absolute atomic E-state index is 0.297. The van der Waals surface area contributed by atoms with Gasteiger partial charge in [-0.3, -0.25) is 5.32 Å². The molecule has 110 valence electrons. The van der Waals surface area contributed by atoms with Gasteiger partial charge in [0.15, 0.2) is 0 Å². The molecule has 0 fully saturated rings. The maximum atomic E-state index is 12.1. The van der Waals surface area contributed by atoms with Gasteiger partial charge >= 0.3 is 12.1 Å². The second-order valence-electron chi connectivity index (χ2n) is 4.48. The van der Waals surface area contributed by atoms with E-state index in [2.05, 4.69) is 5.32 Å². The highest BCUT2D eigenvalue weighted by Crippen LogP contribution is 2.38. The van der Waals surface area contributed by atoms with E-state index in [0.717, 1.165) is 31.2 Å². The van der Waals surface area contributed by atoms with Crippen LogP contribution in [-0.4, -0.2) is 25.3 Å². The van der Waals surface area contributed by atoms with E-state index in [9.17, 15) is 9.59 Å². The number of esters is 1. The van der Waals surface area contributed by atoms with Gasteiger partial charge in [0.05, 0.1) is 18.8 Å². The van der Waals surface area contributed by atoms with Gasteiger partial charge in [-0.1, -0.05) is 0 Å². The van der Waals surface area contributed by atoms with E-state index in [1.165, 1.54) is 16.2 Å². The van der Waals surface area contributed by atoms with Crippen molar-refractivity contribution in [2.75, 3.05) is 18.5 Å². The molecule has 0 atom stereocenters. The van der Waals surface area contributed by atoms with Crippen molar-refractivity contribution in [1.82, 2.24) is 0 Å². The summed E-state index contributed by atoms with van der Waals surface area (Å²) in [6.45, 7) is 4.13. The molecule has 0 unspecified atom stereocenters. The largest absolute Gasteiger partial charge is 0.462 e. The molecule has 1 aliphatic rings. The van der Waals surface area contributed by atoms with Crippen LogP contribution in [0.4, 0.5) is 9.80 Å². The lowest BCUT2D eigenvalue weighted by Gasteiger charge is -2.12. The van der Waals surface area contributed by atoms with Gasteiger partial charge in [-0.2, -0.15) is 0 Å². The molecule has 1 heterocycles. The van der Waals surface area contributed by atoms with E-state index in [0.29, 0.717) is 23.8 Å². The highest BCUT2D eigenvalue weighted by molar-refractivity contribution is 7.17. The molecule has 1 aliphatic carbocycles. The number of amides is 1. The first-order chi connectivity index (χ1) is 9.67. The number of hydrogen-bond donors (Lipinski definition) is 1. The Kier molecular flexibility index (Phi) is 5.00. The second kappa shape index (κ2) is 6.74. The van der Waals surface area contributed by atoms with Crippen molar-refractivity contribution in [2.45, 2.75) is 39.5 Å². The Morgan fingerprint density at radius 1 is 1.15 bits per heavy atom. The molecule has 1 amide bonds. The molecule has 0 radical (unpaired) electrons. The lowest BCUT2D eigenvalue weighted by Crippen LogP contribution is -2.16. The second-order valence-corrected chi connectivity index (χ2v) is 5.59. The zero-order chi connectivity index (χ0) is 14.5. The van der Waals surface area contributed by atoms with Crippen LogP contribution < -0.4 is 5.32 Å². The van der Waals surface area contributed by atoms with Gasteiger partial charge in [0.2, 0.25) is 0 Å². The normalized spacial score (nSPS) is 13.5. The van der Waals surface area contributed by atoms with Crippen LogP contribution in [0.5, 0.6) is 0 Å². The molecular weight excluding hydrogens is 278 g/mol. The molecule has 0 bridgehead atoms. The molecule has 20 heavy (non-hydrogen) atoms. The number of ether oxygens (including phenoxy) is 2. The predicted octanol–water partition coefficient (Wildman–Crippen LogP) is 3.37. The molecule has 0 aliphatic heterocycles. The third-order valence-corrected chi connectivity index (χ3v) is 4.35. The quantitative estimate of drug-likeness (QED) is 0.865. The van der Waals surface area contributed by atoms with Gasteiger partial charge < -0.3 is 9.47 Å². The monoisotopic (exact) mass is 297 g/mol. The van der Waals surface area contributed by atoms with Crippen molar-refractivity contribution in [3.8, 4) is 0 Å². The molecule has 0 saturated heterocycles. The van der Waals surface area contributed by atoms with Gasteiger partial charge in [-0.05, 0) is 45.1 Å². The Labute approximate surface area is 122 Å². The van der Waals surface area contributed by atoms with Crippen molar-refractivity contribution < 1.29 is 19.1 Å². The fourth-order valence-corrected chi connectivity index (χ4v) is 3.60.